The molecule has 0 atom stereocenters. The molecule has 0 aliphatic rings. The van der Waals surface area contributed by atoms with E-state index in [1.807, 2.05) is 0 Å². The van der Waals surface area contributed by atoms with Crippen LogP contribution in [0.4, 0.5) is 0 Å². The second-order valence-corrected chi connectivity index (χ2v) is 6.50. The molecule has 3 N–H and O–H groups in total. The van der Waals surface area contributed by atoms with Crippen molar-refractivity contribution < 1.29 is 13.5 Å². The van der Waals surface area contributed by atoms with Gasteiger partial charge in [-0.15, -0.1) is 0 Å². The minimum atomic E-state index is -3.70. The Balaban J connectivity index is 1.98. The molecule has 0 aliphatic heterocycles. The van der Waals surface area contributed by atoms with Gasteiger partial charge in [0.2, 0.25) is 10.0 Å². The van der Waals surface area contributed by atoms with Crippen LogP contribution in [0.5, 0.6) is 0 Å². The van der Waals surface area contributed by atoms with Crippen LogP contribution in [0.25, 0.3) is 0 Å². The van der Waals surface area contributed by atoms with E-state index in [4.69, 9.17) is 16.7 Å². The maximum absolute atomic E-state index is 12.2. The lowest BCUT2D eigenvalue weighted by molar-refractivity contribution is 0.281. The number of benzene rings is 1. The van der Waals surface area contributed by atoms with Crippen LogP contribution in [-0.4, -0.2) is 35.3 Å². The molecule has 2 rings (SSSR count). The number of nitrogens with zero attached hydrogens (tertiary/aromatic N) is 2. The molecule has 21 heavy (non-hydrogen) atoms. The Bertz CT molecular complexity index is 689. The summed E-state index contributed by atoms with van der Waals surface area (Å²) in [6.07, 6.45) is 2.57. The number of aliphatic hydroxyl groups is 1. The number of aliphatic hydroxyl groups excluding tert-OH is 1. The first kappa shape index (κ1) is 15.9. The first-order valence-corrected chi connectivity index (χ1v) is 8.12. The van der Waals surface area contributed by atoms with E-state index >= 15 is 0 Å². The van der Waals surface area contributed by atoms with Crippen molar-refractivity contribution in [2.75, 3.05) is 6.54 Å². The van der Waals surface area contributed by atoms with Crippen molar-refractivity contribution in [1.82, 2.24) is 19.9 Å². The third kappa shape index (κ3) is 4.24. The summed E-state index contributed by atoms with van der Waals surface area (Å²) in [5.41, 5.74) is 0.487. The summed E-state index contributed by atoms with van der Waals surface area (Å²) in [4.78, 5) is 3.92. The number of aromatic amines is 1. The molecule has 7 nitrogen and oxygen atoms in total. The van der Waals surface area contributed by atoms with Crippen LogP contribution < -0.4 is 4.72 Å². The van der Waals surface area contributed by atoms with E-state index < -0.39 is 10.0 Å². The van der Waals surface area contributed by atoms with Gasteiger partial charge in [0.1, 0.15) is 17.0 Å². The number of H-pyrrole nitrogens is 1. The molecule has 0 bridgehead atoms. The lowest BCUT2D eigenvalue weighted by atomic mass is 10.2. The van der Waals surface area contributed by atoms with Crippen LogP contribution >= 0.6 is 11.6 Å². The van der Waals surface area contributed by atoms with Gasteiger partial charge in [-0.3, -0.25) is 5.10 Å². The van der Waals surface area contributed by atoms with Gasteiger partial charge < -0.3 is 5.11 Å². The van der Waals surface area contributed by atoms with E-state index in [9.17, 15) is 8.42 Å². The van der Waals surface area contributed by atoms with Gasteiger partial charge in [-0.05, 0) is 24.1 Å². The minimum Gasteiger partial charge on any atom is -0.392 e. The van der Waals surface area contributed by atoms with Crippen LogP contribution in [0.2, 0.25) is 5.02 Å². The molecule has 1 aromatic carbocycles. The topological polar surface area (TPSA) is 108 Å². The summed E-state index contributed by atoms with van der Waals surface area (Å²) in [7, 11) is -3.70. The molecule has 114 valence electrons. The normalized spacial score (nSPS) is 11.7. The number of halogens is 1. The highest BCUT2D eigenvalue weighted by Gasteiger charge is 2.17. The van der Waals surface area contributed by atoms with Gasteiger partial charge in [0.15, 0.2) is 0 Å². The highest BCUT2D eigenvalue weighted by Crippen LogP contribution is 2.22. The molecular formula is C12H15ClN4O3S. The van der Waals surface area contributed by atoms with Crippen molar-refractivity contribution in [2.45, 2.75) is 24.3 Å². The Morgan fingerprint density at radius 3 is 2.86 bits per heavy atom. The number of aryl methyl sites for hydroxylation is 1. The summed E-state index contributed by atoms with van der Waals surface area (Å²) in [6.45, 7) is 0.00783. The molecular weight excluding hydrogens is 316 g/mol. The number of rotatable bonds is 7. The van der Waals surface area contributed by atoms with Gasteiger partial charge in [-0.25, -0.2) is 18.1 Å². The third-order valence-corrected chi connectivity index (χ3v) is 4.76. The van der Waals surface area contributed by atoms with Gasteiger partial charge in [-0.2, -0.15) is 5.10 Å². The molecule has 0 spiro atoms. The smallest absolute Gasteiger partial charge is 0.242 e. The predicted molar refractivity (Wildman–Crippen MR) is 77.3 cm³/mol. The van der Waals surface area contributed by atoms with Crippen molar-refractivity contribution in [1.29, 1.82) is 0 Å². The van der Waals surface area contributed by atoms with Gasteiger partial charge in [0.05, 0.1) is 11.6 Å². The van der Waals surface area contributed by atoms with Crippen molar-refractivity contribution in [3.05, 3.63) is 40.9 Å². The van der Waals surface area contributed by atoms with Crippen molar-refractivity contribution >= 4 is 21.6 Å². The Morgan fingerprint density at radius 1 is 1.38 bits per heavy atom. The molecule has 0 aliphatic carbocycles. The SMILES string of the molecule is O=S(=O)(NCCCc1ncn[nH]1)c1cc(CO)ccc1Cl. The van der Waals surface area contributed by atoms with Crippen molar-refractivity contribution in [3.8, 4) is 0 Å². The Hall–Kier alpha value is -1.48. The largest absolute Gasteiger partial charge is 0.392 e. The van der Waals surface area contributed by atoms with E-state index in [0.29, 0.717) is 24.2 Å². The molecule has 0 saturated carbocycles. The molecule has 0 fully saturated rings. The first-order valence-electron chi connectivity index (χ1n) is 6.26. The summed E-state index contributed by atoms with van der Waals surface area (Å²) in [5.74, 6) is 0.703. The standard InChI is InChI=1S/C12H15ClN4O3S/c13-10-4-3-9(7-18)6-11(10)21(19,20)16-5-1-2-12-14-8-15-17-12/h3-4,6,8,16,18H,1-2,5,7H2,(H,14,15,17). The summed E-state index contributed by atoms with van der Waals surface area (Å²) >= 11 is 5.91. The molecule has 0 radical (unpaired) electrons. The third-order valence-electron chi connectivity index (χ3n) is 2.82. The summed E-state index contributed by atoms with van der Waals surface area (Å²) in [5, 5.41) is 15.6. The van der Waals surface area contributed by atoms with Crippen LogP contribution in [0, 0.1) is 0 Å². The molecule has 1 heterocycles. The maximum Gasteiger partial charge on any atom is 0.242 e. The first-order chi connectivity index (χ1) is 10.0. The van der Waals surface area contributed by atoms with E-state index in [-0.39, 0.29) is 23.1 Å². The fourth-order valence-electron chi connectivity index (χ4n) is 1.74. The molecule has 0 unspecified atom stereocenters. The van der Waals surface area contributed by atoms with Crippen molar-refractivity contribution in [2.24, 2.45) is 0 Å². The highest BCUT2D eigenvalue weighted by molar-refractivity contribution is 7.89. The van der Waals surface area contributed by atoms with Gasteiger partial charge >= 0.3 is 0 Å². The molecule has 9 heteroatoms. The average Bonchev–Trinajstić information content (AvgIpc) is 2.97. The maximum atomic E-state index is 12.2. The predicted octanol–water partition coefficient (Wildman–Crippen LogP) is 0.861. The molecule has 0 amide bonds. The fraction of sp³-hybridized carbons (Fsp3) is 0.333. The lowest BCUT2D eigenvalue weighted by Gasteiger charge is -2.09. The highest BCUT2D eigenvalue weighted by atomic mass is 35.5. The molecule has 0 saturated heterocycles. The quantitative estimate of drug-likeness (QED) is 0.653. The van der Waals surface area contributed by atoms with Gasteiger partial charge in [0.25, 0.3) is 0 Å². The number of hydrogen-bond donors (Lipinski definition) is 3. The number of hydrogen-bond acceptors (Lipinski definition) is 5. The monoisotopic (exact) mass is 330 g/mol. The summed E-state index contributed by atoms with van der Waals surface area (Å²) < 4.78 is 26.8. The lowest BCUT2D eigenvalue weighted by Crippen LogP contribution is -2.25. The minimum absolute atomic E-state index is 0.0321. The Labute approximate surface area is 127 Å². The van der Waals surface area contributed by atoms with E-state index in [1.165, 1.54) is 18.5 Å². The number of nitrogens with one attached hydrogen (secondary N) is 2. The molecule has 1 aromatic heterocycles. The van der Waals surface area contributed by atoms with Crippen molar-refractivity contribution in [3.63, 3.8) is 0 Å². The zero-order valence-electron chi connectivity index (χ0n) is 11.1. The zero-order chi connectivity index (χ0) is 15.3. The Kier molecular flexibility index (Phi) is 5.29. The average molecular weight is 331 g/mol. The number of sulfonamides is 1. The van der Waals surface area contributed by atoms with Crippen LogP contribution in [0.15, 0.2) is 29.4 Å². The van der Waals surface area contributed by atoms with E-state index in [1.54, 1.807) is 6.07 Å². The second kappa shape index (κ2) is 6.99. The Morgan fingerprint density at radius 2 is 2.19 bits per heavy atom. The fourth-order valence-corrected chi connectivity index (χ4v) is 3.37. The molecule has 2 aromatic rings. The van der Waals surface area contributed by atoms with E-state index in [2.05, 4.69) is 19.9 Å². The van der Waals surface area contributed by atoms with Gasteiger partial charge in [-0.1, -0.05) is 17.7 Å². The van der Waals surface area contributed by atoms with Gasteiger partial charge in [0, 0.05) is 13.0 Å². The van der Waals surface area contributed by atoms with Crippen LogP contribution in [0.1, 0.15) is 17.8 Å². The van der Waals surface area contributed by atoms with Crippen LogP contribution in [0.3, 0.4) is 0 Å². The summed E-state index contributed by atoms with van der Waals surface area (Å²) in [6, 6.07) is 4.39. The zero-order valence-corrected chi connectivity index (χ0v) is 12.7. The second-order valence-electron chi connectivity index (χ2n) is 4.36. The number of aromatic nitrogens is 3. The van der Waals surface area contributed by atoms with Crippen LogP contribution in [-0.2, 0) is 23.1 Å². The van der Waals surface area contributed by atoms with E-state index in [0.717, 1.165) is 0 Å².